The molecule has 0 aliphatic rings. The van der Waals surface area contributed by atoms with Crippen molar-refractivity contribution in [2.75, 3.05) is 0 Å². The average molecular weight is 254 g/mol. The van der Waals surface area contributed by atoms with Crippen LogP contribution in [0.3, 0.4) is 0 Å². The summed E-state index contributed by atoms with van der Waals surface area (Å²) in [6, 6.07) is 7.39. The molecule has 0 aliphatic carbocycles. The smallest absolute Gasteiger partial charge is 0.103 e. The second-order valence-corrected chi connectivity index (χ2v) is 4.35. The van der Waals surface area contributed by atoms with E-state index in [-0.39, 0.29) is 0 Å². The van der Waals surface area contributed by atoms with Crippen molar-refractivity contribution in [3.8, 4) is 0 Å². The van der Waals surface area contributed by atoms with Crippen LogP contribution in [0.1, 0.15) is 32.3 Å². The minimum absolute atomic E-state index is 0.347. The molecule has 3 heteroatoms. The maximum Gasteiger partial charge on any atom is 0.103 e. The molecule has 1 aromatic carbocycles. The topological polar surface area (TPSA) is 12.4 Å². The SMILES string of the molecule is C=C(N=C(CC)CC(C)F)c1ccccc1Cl. The molecule has 0 heterocycles. The van der Waals surface area contributed by atoms with Gasteiger partial charge in [0.25, 0.3) is 0 Å². The fourth-order valence-electron chi connectivity index (χ4n) is 1.54. The number of alkyl halides is 1. The first-order valence-corrected chi connectivity index (χ1v) is 6.06. The molecule has 0 radical (unpaired) electrons. The Morgan fingerprint density at radius 1 is 1.47 bits per heavy atom. The summed E-state index contributed by atoms with van der Waals surface area (Å²) in [6.07, 6.45) is 0.185. The Morgan fingerprint density at radius 2 is 2.12 bits per heavy atom. The Bertz CT molecular complexity index is 424. The summed E-state index contributed by atoms with van der Waals surface area (Å²) in [7, 11) is 0. The molecular weight excluding hydrogens is 237 g/mol. The zero-order valence-electron chi connectivity index (χ0n) is 10.2. The lowest BCUT2D eigenvalue weighted by atomic mass is 10.1. The normalized spacial score (nSPS) is 13.5. The van der Waals surface area contributed by atoms with Gasteiger partial charge in [0.1, 0.15) is 6.17 Å². The maximum absolute atomic E-state index is 12.9. The Kier molecular flexibility index (Phi) is 5.36. The summed E-state index contributed by atoms with van der Waals surface area (Å²) < 4.78 is 12.9. The molecule has 1 nitrogen and oxygen atoms in total. The number of benzene rings is 1. The van der Waals surface area contributed by atoms with Crippen molar-refractivity contribution in [2.45, 2.75) is 32.9 Å². The molecule has 0 N–H and O–H groups in total. The summed E-state index contributed by atoms with van der Waals surface area (Å²) >= 11 is 6.05. The van der Waals surface area contributed by atoms with Crippen molar-refractivity contribution in [3.05, 3.63) is 41.4 Å². The van der Waals surface area contributed by atoms with Crippen LogP contribution >= 0.6 is 11.6 Å². The van der Waals surface area contributed by atoms with Gasteiger partial charge in [0.15, 0.2) is 0 Å². The number of rotatable bonds is 5. The summed E-state index contributed by atoms with van der Waals surface area (Å²) in [5, 5.41) is 0.616. The summed E-state index contributed by atoms with van der Waals surface area (Å²) in [5.41, 5.74) is 2.20. The molecule has 0 saturated carbocycles. The van der Waals surface area contributed by atoms with E-state index in [2.05, 4.69) is 11.6 Å². The first-order chi connectivity index (χ1) is 8.04. The highest BCUT2D eigenvalue weighted by molar-refractivity contribution is 6.32. The minimum Gasteiger partial charge on any atom is -0.258 e. The van der Waals surface area contributed by atoms with E-state index in [1.807, 2.05) is 25.1 Å². The molecule has 17 heavy (non-hydrogen) atoms. The largest absolute Gasteiger partial charge is 0.258 e. The highest BCUT2D eigenvalue weighted by Gasteiger charge is 2.07. The maximum atomic E-state index is 12.9. The highest BCUT2D eigenvalue weighted by atomic mass is 35.5. The molecule has 92 valence electrons. The van der Waals surface area contributed by atoms with Gasteiger partial charge in [-0.2, -0.15) is 0 Å². The van der Waals surface area contributed by atoms with Gasteiger partial charge in [-0.25, -0.2) is 4.39 Å². The third kappa shape index (κ3) is 4.31. The van der Waals surface area contributed by atoms with Gasteiger partial charge in [-0.15, -0.1) is 0 Å². The molecule has 0 amide bonds. The molecule has 0 aromatic heterocycles. The lowest BCUT2D eigenvalue weighted by molar-refractivity contribution is 0.371. The summed E-state index contributed by atoms with van der Waals surface area (Å²) in [5.74, 6) is 0. The highest BCUT2D eigenvalue weighted by Crippen LogP contribution is 2.23. The second kappa shape index (κ2) is 6.55. The first-order valence-electron chi connectivity index (χ1n) is 5.69. The molecule has 1 atom stereocenters. The molecule has 0 saturated heterocycles. The van der Waals surface area contributed by atoms with Crippen molar-refractivity contribution in [1.29, 1.82) is 0 Å². The third-order valence-electron chi connectivity index (χ3n) is 2.40. The van der Waals surface area contributed by atoms with E-state index in [9.17, 15) is 4.39 Å². The van der Waals surface area contributed by atoms with Crippen LogP contribution in [0, 0.1) is 0 Å². The van der Waals surface area contributed by atoms with Gasteiger partial charge in [0, 0.05) is 22.7 Å². The van der Waals surface area contributed by atoms with Crippen LogP contribution in [0.15, 0.2) is 35.8 Å². The second-order valence-electron chi connectivity index (χ2n) is 3.94. The van der Waals surface area contributed by atoms with Gasteiger partial charge in [-0.05, 0) is 19.4 Å². The zero-order valence-corrected chi connectivity index (χ0v) is 11.0. The van der Waals surface area contributed by atoms with E-state index in [1.165, 1.54) is 6.92 Å². The van der Waals surface area contributed by atoms with E-state index in [4.69, 9.17) is 11.6 Å². The van der Waals surface area contributed by atoms with E-state index in [0.717, 1.165) is 17.7 Å². The van der Waals surface area contributed by atoms with Gasteiger partial charge in [0.05, 0.1) is 5.70 Å². The van der Waals surface area contributed by atoms with Crippen LogP contribution in [0.25, 0.3) is 5.70 Å². The van der Waals surface area contributed by atoms with Crippen LogP contribution in [-0.2, 0) is 0 Å². The van der Waals surface area contributed by atoms with Crippen molar-refractivity contribution in [1.82, 2.24) is 0 Å². The molecule has 1 rings (SSSR count). The summed E-state index contributed by atoms with van der Waals surface area (Å²) in [6.45, 7) is 7.38. The van der Waals surface area contributed by atoms with Crippen LogP contribution in [-0.4, -0.2) is 11.9 Å². The number of hydrogen-bond donors (Lipinski definition) is 0. The van der Waals surface area contributed by atoms with E-state index >= 15 is 0 Å². The van der Waals surface area contributed by atoms with Crippen molar-refractivity contribution >= 4 is 23.0 Å². The van der Waals surface area contributed by atoms with Crippen molar-refractivity contribution < 1.29 is 4.39 Å². The van der Waals surface area contributed by atoms with E-state index < -0.39 is 6.17 Å². The van der Waals surface area contributed by atoms with E-state index in [0.29, 0.717) is 17.1 Å². The number of hydrogen-bond acceptors (Lipinski definition) is 1. The third-order valence-corrected chi connectivity index (χ3v) is 2.73. The number of halogens is 2. The van der Waals surface area contributed by atoms with Gasteiger partial charge in [-0.1, -0.05) is 43.3 Å². The first kappa shape index (κ1) is 13.9. The van der Waals surface area contributed by atoms with Crippen molar-refractivity contribution in [2.24, 2.45) is 4.99 Å². The van der Waals surface area contributed by atoms with Crippen molar-refractivity contribution in [3.63, 3.8) is 0 Å². The van der Waals surface area contributed by atoms with Crippen LogP contribution < -0.4 is 0 Å². The molecule has 0 bridgehead atoms. The van der Waals surface area contributed by atoms with Gasteiger partial charge in [-0.3, -0.25) is 4.99 Å². The lowest BCUT2D eigenvalue weighted by Gasteiger charge is -2.08. The van der Waals surface area contributed by atoms with Crippen LogP contribution in [0.5, 0.6) is 0 Å². The lowest BCUT2D eigenvalue weighted by Crippen LogP contribution is -2.05. The molecule has 0 aliphatic heterocycles. The van der Waals surface area contributed by atoms with Crippen LogP contribution in [0.2, 0.25) is 5.02 Å². The zero-order chi connectivity index (χ0) is 12.8. The monoisotopic (exact) mass is 253 g/mol. The van der Waals surface area contributed by atoms with Gasteiger partial charge in [0.2, 0.25) is 0 Å². The molecule has 1 aromatic rings. The van der Waals surface area contributed by atoms with E-state index in [1.54, 1.807) is 6.07 Å². The Morgan fingerprint density at radius 3 is 2.65 bits per heavy atom. The molecule has 0 fully saturated rings. The van der Waals surface area contributed by atoms with Gasteiger partial charge < -0.3 is 0 Å². The Hall–Kier alpha value is -1.15. The Labute approximate surface area is 107 Å². The number of aliphatic imine (C=N–C) groups is 1. The summed E-state index contributed by atoms with van der Waals surface area (Å²) in [4.78, 5) is 4.36. The predicted octanol–water partition coefficient (Wildman–Crippen LogP) is 4.91. The van der Waals surface area contributed by atoms with Gasteiger partial charge >= 0.3 is 0 Å². The molecular formula is C14H17ClFN. The molecule has 1 unspecified atom stereocenters. The molecule has 0 spiro atoms. The Balaban J connectivity index is 2.90. The standard InChI is InChI=1S/C14H17ClFN/c1-4-12(9-10(2)16)17-11(3)13-7-5-6-8-14(13)15/h5-8,10H,3-4,9H2,1-2H3. The fourth-order valence-corrected chi connectivity index (χ4v) is 1.78. The quantitative estimate of drug-likeness (QED) is 0.661. The van der Waals surface area contributed by atoms with Crippen LogP contribution in [0.4, 0.5) is 4.39 Å². The fraction of sp³-hybridized carbons (Fsp3) is 0.357. The average Bonchev–Trinajstić information content (AvgIpc) is 2.27. The predicted molar refractivity (Wildman–Crippen MR) is 73.4 cm³/mol. The number of nitrogens with zero attached hydrogens (tertiary/aromatic N) is 1. The minimum atomic E-state index is -0.882.